The van der Waals surface area contributed by atoms with E-state index in [2.05, 4.69) is 30.2 Å². The largest absolute Gasteiger partial charge is 0.451 e. The van der Waals surface area contributed by atoms with Crippen LogP contribution in [0.5, 0.6) is 11.6 Å². The number of alkyl halides is 3. The Hall–Kier alpha value is -4.07. The summed E-state index contributed by atoms with van der Waals surface area (Å²) in [5.41, 5.74) is 1.62. The molecule has 2 aliphatic heterocycles. The van der Waals surface area contributed by atoms with Gasteiger partial charge >= 0.3 is 6.18 Å². The molecule has 5 heterocycles. The Morgan fingerprint density at radius 2 is 2.08 bits per heavy atom. The molecule has 14 heteroatoms. The Bertz CT molecular complexity index is 1460. The van der Waals surface area contributed by atoms with Crippen molar-refractivity contribution in [3.8, 4) is 11.6 Å². The lowest BCUT2D eigenvalue weighted by Crippen LogP contribution is -2.55. The van der Waals surface area contributed by atoms with Crippen LogP contribution in [0, 0.1) is 0 Å². The van der Waals surface area contributed by atoms with E-state index in [4.69, 9.17) is 8.85 Å². The summed E-state index contributed by atoms with van der Waals surface area (Å²) in [5, 5.41) is 12.9. The van der Waals surface area contributed by atoms with Crippen LogP contribution in [-0.2, 0) is 30.4 Å². The summed E-state index contributed by atoms with van der Waals surface area (Å²) in [6.07, 6.45) is -0.895. The number of carbonyl (C=O) groups is 1. The number of rotatable bonds is 7. The van der Waals surface area contributed by atoms with E-state index in [1.807, 2.05) is 0 Å². The summed E-state index contributed by atoms with van der Waals surface area (Å²) < 4.78 is 68.3. The Kier molecular flexibility index (Phi) is 5.78. The first-order valence-electron chi connectivity index (χ1n) is 13.3. The van der Waals surface area contributed by atoms with Crippen molar-refractivity contribution < 1.29 is 31.9 Å². The van der Waals surface area contributed by atoms with Gasteiger partial charge in [-0.2, -0.15) is 18.2 Å². The molecule has 1 amide bonds. The minimum absolute atomic E-state index is 0.0446. The molecule has 0 saturated heterocycles. The number of halogens is 3. The lowest BCUT2D eigenvalue weighted by atomic mass is 10.0. The fraction of sp³-hybridized carbons (Fsp3) is 0.417. The van der Waals surface area contributed by atoms with Gasteiger partial charge in [0.1, 0.15) is 11.7 Å². The Labute approximate surface area is 219 Å². The fourth-order valence-electron chi connectivity index (χ4n) is 4.27. The van der Waals surface area contributed by atoms with Crippen molar-refractivity contribution in [1.29, 1.82) is 0 Å². The molecule has 0 aliphatic carbocycles. The number of aryl methyl sites for hydroxylation is 2. The Balaban J connectivity index is 1.34. The fourth-order valence-corrected chi connectivity index (χ4v) is 4.27. The van der Waals surface area contributed by atoms with Gasteiger partial charge in [0.2, 0.25) is 17.7 Å². The van der Waals surface area contributed by atoms with E-state index >= 15 is 0 Å². The van der Waals surface area contributed by atoms with Gasteiger partial charge in [-0.05, 0) is 24.8 Å². The highest BCUT2D eigenvalue weighted by atomic mass is 19.4. The lowest BCUT2D eigenvalue weighted by molar-refractivity contribution is -0.145. The first kappa shape index (κ1) is 22.0. The van der Waals surface area contributed by atoms with Crippen molar-refractivity contribution in [1.82, 2.24) is 24.9 Å². The molecule has 0 saturated carbocycles. The predicted octanol–water partition coefficient (Wildman–Crippen LogP) is 2.74. The van der Waals surface area contributed by atoms with Gasteiger partial charge in [-0.3, -0.25) is 4.79 Å². The van der Waals surface area contributed by atoms with E-state index in [1.165, 1.54) is 17.2 Å². The van der Waals surface area contributed by atoms with Crippen LogP contribution < -0.4 is 19.9 Å². The first-order chi connectivity index (χ1) is 19.4. The SMILES string of the molecule is [2H]C([2H])([2H])N1c2nc(NCc3ccc(Oc4cnc(C(F)(F)F)nc4CC)nc3)nc3c2N(CCC3)C(=O)[C@@H]1CO. The number of nitrogens with one attached hydrogen (secondary N) is 1. The summed E-state index contributed by atoms with van der Waals surface area (Å²) in [6, 6.07) is 1.89. The molecule has 3 aromatic heterocycles. The van der Waals surface area contributed by atoms with Crippen LogP contribution in [0.4, 0.5) is 30.6 Å². The number of hydrogen-bond donors (Lipinski definition) is 2. The molecule has 0 fully saturated rings. The van der Waals surface area contributed by atoms with Crippen molar-refractivity contribution in [3.63, 3.8) is 0 Å². The van der Waals surface area contributed by atoms with E-state index < -0.39 is 37.5 Å². The quantitative estimate of drug-likeness (QED) is 0.468. The lowest BCUT2D eigenvalue weighted by Gasteiger charge is -2.42. The number of amides is 1. The Morgan fingerprint density at radius 3 is 2.76 bits per heavy atom. The summed E-state index contributed by atoms with van der Waals surface area (Å²) in [4.78, 5) is 35.3. The number of carbonyl (C=O) groups excluding carboxylic acids is 1. The molecule has 3 aromatic rings. The first-order valence-corrected chi connectivity index (χ1v) is 11.8. The van der Waals surface area contributed by atoms with E-state index in [1.54, 1.807) is 13.0 Å². The molecule has 0 spiro atoms. The van der Waals surface area contributed by atoms with Crippen molar-refractivity contribution >= 4 is 23.4 Å². The van der Waals surface area contributed by atoms with Crippen LogP contribution in [-0.4, -0.2) is 62.1 Å². The molecule has 0 aromatic carbocycles. The maximum Gasteiger partial charge on any atom is 0.451 e. The van der Waals surface area contributed by atoms with E-state index in [9.17, 15) is 23.1 Å². The standard InChI is InChI=1S/C24H25F3N8O3/c1-3-14-17(11-29-22(31-14)24(25,26)27)38-18-7-6-13(9-28-18)10-30-23-32-15-5-4-8-35-19(15)20(33-23)34(2)16(12-36)21(35)37/h6-7,9,11,16,36H,3-5,8,10,12H2,1-2H3,(H,30,32,33)/t16-/m0/s1/i2D3. The zero-order chi connectivity index (χ0) is 29.5. The van der Waals surface area contributed by atoms with Gasteiger partial charge < -0.3 is 25.0 Å². The molecule has 0 unspecified atom stereocenters. The second kappa shape index (κ2) is 10.0. The molecule has 0 bridgehead atoms. The van der Waals surface area contributed by atoms with Gasteiger partial charge in [0.15, 0.2) is 11.6 Å². The smallest absolute Gasteiger partial charge is 0.435 e. The monoisotopic (exact) mass is 533 g/mol. The molecular weight excluding hydrogens is 505 g/mol. The topological polar surface area (TPSA) is 129 Å². The highest BCUT2D eigenvalue weighted by Crippen LogP contribution is 2.39. The number of likely N-dealkylation sites (N-methyl/N-ethyl adjacent to an activating group) is 1. The molecule has 11 nitrogen and oxygen atoms in total. The highest BCUT2D eigenvalue weighted by Gasteiger charge is 2.40. The second-order valence-corrected chi connectivity index (χ2v) is 8.64. The van der Waals surface area contributed by atoms with E-state index in [0.717, 1.165) is 11.1 Å². The zero-order valence-electron chi connectivity index (χ0n) is 23.2. The summed E-state index contributed by atoms with van der Waals surface area (Å²) in [6.45, 7) is -1.21. The average molecular weight is 534 g/mol. The van der Waals surface area contributed by atoms with Crippen LogP contribution in [0.1, 0.15) is 40.2 Å². The number of anilines is 3. The zero-order valence-corrected chi connectivity index (χ0v) is 20.2. The van der Waals surface area contributed by atoms with Gasteiger partial charge in [0.05, 0.1) is 24.2 Å². The maximum absolute atomic E-state index is 13.0. The van der Waals surface area contributed by atoms with Crippen LogP contribution in [0.15, 0.2) is 24.5 Å². The minimum atomic E-state index is -4.67. The third-order valence-corrected chi connectivity index (χ3v) is 6.15. The number of nitrogens with zero attached hydrogens (tertiary/aromatic N) is 7. The Morgan fingerprint density at radius 1 is 1.24 bits per heavy atom. The van der Waals surface area contributed by atoms with Crippen LogP contribution in [0.25, 0.3) is 0 Å². The van der Waals surface area contributed by atoms with Crippen molar-refractivity contribution in [2.24, 2.45) is 0 Å². The normalized spacial score (nSPS) is 18.4. The van der Waals surface area contributed by atoms with Crippen LogP contribution in [0.2, 0.25) is 0 Å². The molecule has 2 N–H and O–H groups in total. The van der Waals surface area contributed by atoms with Crippen LogP contribution >= 0.6 is 0 Å². The third-order valence-electron chi connectivity index (χ3n) is 6.15. The van der Waals surface area contributed by atoms with E-state index in [0.29, 0.717) is 36.3 Å². The van der Waals surface area contributed by atoms with Crippen molar-refractivity contribution in [2.75, 3.05) is 35.2 Å². The number of aliphatic hydroxyl groups is 1. The molecule has 200 valence electrons. The van der Waals surface area contributed by atoms with Gasteiger partial charge in [-0.15, -0.1) is 0 Å². The summed E-state index contributed by atoms with van der Waals surface area (Å²) >= 11 is 0. The third kappa shape index (κ3) is 4.78. The van der Waals surface area contributed by atoms with Gasteiger partial charge in [-0.25, -0.2) is 19.9 Å². The number of pyridine rings is 1. The highest BCUT2D eigenvalue weighted by molar-refractivity contribution is 6.05. The maximum atomic E-state index is 13.0. The summed E-state index contributed by atoms with van der Waals surface area (Å²) in [7, 11) is 0. The van der Waals surface area contributed by atoms with Gasteiger partial charge in [-0.1, -0.05) is 13.0 Å². The number of hydrogen-bond acceptors (Lipinski definition) is 10. The van der Waals surface area contributed by atoms with Crippen molar-refractivity contribution in [3.05, 3.63) is 47.3 Å². The van der Waals surface area contributed by atoms with E-state index in [-0.39, 0.29) is 42.1 Å². The van der Waals surface area contributed by atoms with Gasteiger partial charge in [0.25, 0.3) is 5.91 Å². The molecule has 0 radical (unpaired) electrons. The minimum Gasteiger partial charge on any atom is -0.435 e. The number of ether oxygens (including phenoxy) is 1. The molecular formula is C24H25F3N8O3. The second-order valence-electron chi connectivity index (χ2n) is 8.64. The van der Waals surface area contributed by atoms with Crippen molar-refractivity contribution in [2.45, 2.75) is 44.9 Å². The predicted molar refractivity (Wildman–Crippen MR) is 130 cm³/mol. The molecule has 2 aliphatic rings. The molecule has 38 heavy (non-hydrogen) atoms. The van der Waals surface area contributed by atoms with Crippen LogP contribution in [0.3, 0.4) is 0 Å². The molecule has 5 rings (SSSR count). The summed E-state index contributed by atoms with van der Waals surface area (Å²) in [5.74, 6) is -1.40. The average Bonchev–Trinajstić information content (AvgIpc) is 2.93. The molecule has 1 atom stereocenters. The van der Waals surface area contributed by atoms with Gasteiger partial charge in [0, 0.05) is 36.4 Å². The number of aliphatic hydroxyl groups excluding tert-OH is 1. The number of aromatic nitrogens is 5.